The standard InChI is InChI=1S/C11H7Cl2FN4/c12-9-8(5-15)10(18-11(13)17-9)16-7-3-1-6(14)2-4-7/h1-5,15H,(H,16,17,18). The maximum Gasteiger partial charge on any atom is 0.225 e. The van der Waals surface area contributed by atoms with Crippen LogP contribution in [0.2, 0.25) is 10.4 Å². The maximum atomic E-state index is 12.8. The Morgan fingerprint density at radius 2 is 1.83 bits per heavy atom. The lowest BCUT2D eigenvalue weighted by molar-refractivity contribution is 0.628. The van der Waals surface area contributed by atoms with E-state index in [1.807, 2.05) is 0 Å². The fourth-order valence-electron chi connectivity index (χ4n) is 1.31. The molecule has 0 spiro atoms. The van der Waals surface area contributed by atoms with Crippen molar-refractivity contribution in [1.82, 2.24) is 9.97 Å². The summed E-state index contributed by atoms with van der Waals surface area (Å²) in [5.41, 5.74) is 0.913. The number of aromatic nitrogens is 2. The number of halogens is 3. The van der Waals surface area contributed by atoms with E-state index in [9.17, 15) is 4.39 Å². The molecule has 0 amide bonds. The van der Waals surface area contributed by atoms with Crippen LogP contribution in [0.25, 0.3) is 0 Å². The molecule has 1 heterocycles. The highest BCUT2D eigenvalue weighted by Gasteiger charge is 2.10. The van der Waals surface area contributed by atoms with Gasteiger partial charge in [0, 0.05) is 11.9 Å². The molecule has 0 radical (unpaired) electrons. The van der Waals surface area contributed by atoms with E-state index in [-0.39, 0.29) is 16.3 Å². The molecule has 0 atom stereocenters. The Morgan fingerprint density at radius 1 is 1.17 bits per heavy atom. The highest BCUT2D eigenvalue weighted by molar-refractivity contribution is 6.34. The molecule has 0 saturated carbocycles. The van der Waals surface area contributed by atoms with Crippen LogP contribution >= 0.6 is 23.2 Å². The van der Waals surface area contributed by atoms with Crippen LogP contribution in [-0.4, -0.2) is 16.2 Å². The SMILES string of the molecule is N=Cc1c(Cl)nc(Cl)nc1Nc1ccc(F)cc1. The van der Waals surface area contributed by atoms with Gasteiger partial charge in [0.05, 0.1) is 5.56 Å². The number of nitrogens with zero attached hydrogens (tertiary/aromatic N) is 2. The summed E-state index contributed by atoms with van der Waals surface area (Å²) < 4.78 is 12.8. The lowest BCUT2D eigenvalue weighted by atomic mass is 10.3. The number of benzene rings is 1. The van der Waals surface area contributed by atoms with Crippen LogP contribution < -0.4 is 5.32 Å². The number of nitrogens with one attached hydrogen (secondary N) is 2. The molecule has 0 fully saturated rings. The van der Waals surface area contributed by atoms with Crippen LogP contribution in [0, 0.1) is 11.2 Å². The summed E-state index contributed by atoms with van der Waals surface area (Å²) in [5, 5.41) is 10.2. The first kappa shape index (κ1) is 12.7. The minimum atomic E-state index is -0.341. The van der Waals surface area contributed by atoms with Gasteiger partial charge in [-0.1, -0.05) is 11.6 Å². The molecular formula is C11H7Cl2FN4. The highest BCUT2D eigenvalue weighted by Crippen LogP contribution is 2.24. The van der Waals surface area contributed by atoms with Crippen molar-refractivity contribution >= 4 is 40.9 Å². The zero-order chi connectivity index (χ0) is 13.1. The summed E-state index contributed by atoms with van der Waals surface area (Å²) in [6.07, 6.45) is 1.02. The average Bonchev–Trinajstić information content (AvgIpc) is 2.32. The largest absolute Gasteiger partial charge is 0.339 e. The van der Waals surface area contributed by atoms with E-state index < -0.39 is 0 Å². The van der Waals surface area contributed by atoms with E-state index in [0.29, 0.717) is 17.1 Å². The van der Waals surface area contributed by atoms with Crippen LogP contribution in [0.5, 0.6) is 0 Å². The van der Waals surface area contributed by atoms with Crippen molar-refractivity contribution in [2.24, 2.45) is 0 Å². The van der Waals surface area contributed by atoms with E-state index in [4.69, 9.17) is 28.6 Å². The van der Waals surface area contributed by atoms with Crippen LogP contribution in [0.4, 0.5) is 15.9 Å². The predicted octanol–water partition coefficient (Wildman–Crippen LogP) is 3.66. The van der Waals surface area contributed by atoms with Gasteiger partial charge in [-0.15, -0.1) is 0 Å². The molecule has 0 unspecified atom stereocenters. The van der Waals surface area contributed by atoms with Crippen molar-refractivity contribution in [3.05, 3.63) is 46.1 Å². The molecule has 1 aromatic heterocycles. The Kier molecular flexibility index (Phi) is 3.74. The first-order chi connectivity index (χ1) is 8.60. The predicted molar refractivity (Wildman–Crippen MR) is 69.6 cm³/mol. The van der Waals surface area contributed by atoms with Gasteiger partial charge in [-0.25, -0.2) is 9.37 Å². The second-order valence-corrected chi connectivity index (χ2v) is 4.02. The van der Waals surface area contributed by atoms with Crippen LogP contribution in [-0.2, 0) is 0 Å². The van der Waals surface area contributed by atoms with Crippen molar-refractivity contribution in [3.8, 4) is 0 Å². The van der Waals surface area contributed by atoms with Crippen LogP contribution in [0.3, 0.4) is 0 Å². The van der Waals surface area contributed by atoms with Crippen molar-refractivity contribution in [1.29, 1.82) is 5.41 Å². The van der Waals surface area contributed by atoms with Gasteiger partial charge >= 0.3 is 0 Å². The number of hydrogen-bond acceptors (Lipinski definition) is 4. The summed E-state index contributed by atoms with van der Waals surface area (Å²) in [5.74, 6) is -0.0480. The molecule has 4 nitrogen and oxygen atoms in total. The second kappa shape index (κ2) is 5.29. The van der Waals surface area contributed by atoms with E-state index in [0.717, 1.165) is 6.21 Å². The molecule has 92 valence electrons. The van der Waals surface area contributed by atoms with Gasteiger partial charge in [-0.05, 0) is 35.9 Å². The first-order valence-electron chi connectivity index (χ1n) is 4.86. The smallest absolute Gasteiger partial charge is 0.225 e. The molecule has 0 bridgehead atoms. The second-order valence-electron chi connectivity index (χ2n) is 3.32. The number of hydrogen-bond donors (Lipinski definition) is 2. The summed E-state index contributed by atoms with van der Waals surface area (Å²) in [6.45, 7) is 0. The zero-order valence-electron chi connectivity index (χ0n) is 8.92. The molecule has 2 aromatic rings. The van der Waals surface area contributed by atoms with Gasteiger partial charge in [-0.3, -0.25) is 0 Å². The summed E-state index contributed by atoms with van der Waals surface area (Å²) in [7, 11) is 0. The summed E-state index contributed by atoms with van der Waals surface area (Å²) in [4.78, 5) is 7.67. The van der Waals surface area contributed by atoms with Gasteiger partial charge in [-0.2, -0.15) is 4.98 Å². The summed E-state index contributed by atoms with van der Waals surface area (Å²) >= 11 is 11.5. The monoisotopic (exact) mass is 284 g/mol. The molecule has 0 saturated heterocycles. The fraction of sp³-hybridized carbons (Fsp3) is 0. The van der Waals surface area contributed by atoms with E-state index in [1.54, 1.807) is 0 Å². The molecule has 2 N–H and O–H groups in total. The first-order valence-corrected chi connectivity index (χ1v) is 5.62. The minimum Gasteiger partial charge on any atom is -0.339 e. The molecule has 0 aliphatic heterocycles. The van der Waals surface area contributed by atoms with Crippen molar-refractivity contribution < 1.29 is 4.39 Å². The average molecular weight is 285 g/mol. The number of rotatable bonds is 3. The molecule has 0 aliphatic rings. The Bertz CT molecular complexity index is 586. The third-order valence-electron chi connectivity index (χ3n) is 2.12. The Balaban J connectivity index is 2.39. The van der Waals surface area contributed by atoms with Crippen LogP contribution in [0.15, 0.2) is 24.3 Å². The number of anilines is 2. The summed E-state index contributed by atoms with van der Waals surface area (Å²) in [6, 6.07) is 5.67. The lowest BCUT2D eigenvalue weighted by Gasteiger charge is -2.09. The van der Waals surface area contributed by atoms with E-state index in [1.165, 1.54) is 24.3 Å². The maximum absolute atomic E-state index is 12.8. The van der Waals surface area contributed by atoms with E-state index in [2.05, 4.69) is 15.3 Å². The quantitative estimate of drug-likeness (QED) is 0.514. The molecule has 7 heteroatoms. The molecule has 2 rings (SSSR count). The topological polar surface area (TPSA) is 61.7 Å². The Hall–Kier alpha value is -1.72. The van der Waals surface area contributed by atoms with Gasteiger partial charge in [0.25, 0.3) is 0 Å². The minimum absolute atomic E-state index is 0.0322. The van der Waals surface area contributed by atoms with Crippen molar-refractivity contribution in [2.45, 2.75) is 0 Å². The molecule has 18 heavy (non-hydrogen) atoms. The van der Waals surface area contributed by atoms with Crippen LogP contribution in [0.1, 0.15) is 5.56 Å². The third-order valence-corrected chi connectivity index (χ3v) is 2.58. The Labute approximate surface area is 112 Å². The third kappa shape index (κ3) is 2.75. The van der Waals surface area contributed by atoms with Crippen molar-refractivity contribution in [3.63, 3.8) is 0 Å². The normalized spacial score (nSPS) is 10.2. The van der Waals surface area contributed by atoms with Gasteiger partial charge in [0.2, 0.25) is 5.28 Å². The molecule has 0 aliphatic carbocycles. The van der Waals surface area contributed by atoms with Gasteiger partial charge < -0.3 is 10.7 Å². The Morgan fingerprint density at radius 3 is 2.44 bits per heavy atom. The van der Waals surface area contributed by atoms with Gasteiger partial charge in [0.15, 0.2) is 0 Å². The zero-order valence-corrected chi connectivity index (χ0v) is 10.4. The fourth-order valence-corrected chi connectivity index (χ4v) is 1.75. The lowest BCUT2D eigenvalue weighted by Crippen LogP contribution is -2.01. The molecule has 1 aromatic carbocycles. The van der Waals surface area contributed by atoms with Crippen molar-refractivity contribution in [2.75, 3.05) is 5.32 Å². The van der Waals surface area contributed by atoms with E-state index >= 15 is 0 Å². The van der Waals surface area contributed by atoms with Gasteiger partial charge in [0.1, 0.15) is 16.8 Å². The highest BCUT2D eigenvalue weighted by atomic mass is 35.5. The molecular weight excluding hydrogens is 278 g/mol.